The Kier molecular flexibility index (Phi) is 6.89. The number of halogens is 2. The first-order valence-corrected chi connectivity index (χ1v) is 10.7. The van der Waals surface area contributed by atoms with Gasteiger partial charge in [-0.1, -0.05) is 44.7 Å². The molecule has 0 bridgehead atoms. The van der Waals surface area contributed by atoms with Crippen molar-refractivity contribution in [1.29, 1.82) is 0 Å². The first-order chi connectivity index (χ1) is 12.6. The summed E-state index contributed by atoms with van der Waals surface area (Å²) in [5, 5.41) is 0. The molecule has 0 saturated heterocycles. The van der Waals surface area contributed by atoms with Crippen LogP contribution in [0, 0.1) is 35.3 Å². The maximum Gasteiger partial charge on any atom is 0.159 e. The molecular formula is C24H34F2. The van der Waals surface area contributed by atoms with Gasteiger partial charge in [-0.3, -0.25) is 0 Å². The fourth-order valence-corrected chi connectivity index (χ4v) is 5.33. The van der Waals surface area contributed by atoms with Gasteiger partial charge in [0.05, 0.1) is 0 Å². The van der Waals surface area contributed by atoms with Gasteiger partial charge in [0.2, 0.25) is 0 Å². The van der Waals surface area contributed by atoms with Crippen molar-refractivity contribution >= 4 is 5.57 Å². The van der Waals surface area contributed by atoms with E-state index in [9.17, 15) is 8.78 Å². The number of hydrogen-bond donors (Lipinski definition) is 0. The van der Waals surface area contributed by atoms with Crippen LogP contribution in [0.25, 0.3) is 5.57 Å². The minimum atomic E-state index is -0.768. The van der Waals surface area contributed by atoms with E-state index < -0.39 is 11.6 Å². The third-order valence-corrected chi connectivity index (χ3v) is 6.93. The lowest BCUT2D eigenvalue weighted by Gasteiger charge is -2.37. The number of hydrogen-bond acceptors (Lipinski definition) is 0. The Morgan fingerprint density at radius 3 is 2.12 bits per heavy atom. The van der Waals surface area contributed by atoms with Crippen LogP contribution in [0.3, 0.4) is 0 Å². The molecule has 0 aromatic heterocycles. The van der Waals surface area contributed by atoms with E-state index in [1.807, 2.05) is 6.92 Å². The van der Waals surface area contributed by atoms with Gasteiger partial charge in [-0.05, 0) is 92.4 Å². The molecule has 0 radical (unpaired) electrons. The lowest BCUT2D eigenvalue weighted by Crippen LogP contribution is -2.25. The van der Waals surface area contributed by atoms with Crippen molar-refractivity contribution < 1.29 is 8.78 Å². The Bertz CT molecular complexity index is 603. The molecule has 0 atom stereocenters. The first-order valence-electron chi connectivity index (χ1n) is 10.7. The molecule has 2 fully saturated rings. The number of benzene rings is 1. The maximum atomic E-state index is 13.4. The molecular weight excluding hydrogens is 326 g/mol. The topological polar surface area (TPSA) is 0 Å². The predicted octanol–water partition coefficient (Wildman–Crippen LogP) is 7.78. The van der Waals surface area contributed by atoms with Crippen LogP contribution >= 0.6 is 0 Å². The molecule has 2 saturated carbocycles. The van der Waals surface area contributed by atoms with Crippen molar-refractivity contribution in [3.8, 4) is 0 Å². The Labute approximate surface area is 158 Å². The molecule has 0 amide bonds. The minimum Gasteiger partial charge on any atom is -0.204 e. The van der Waals surface area contributed by atoms with Crippen LogP contribution in [-0.2, 0) is 0 Å². The van der Waals surface area contributed by atoms with E-state index in [0.717, 1.165) is 28.9 Å². The van der Waals surface area contributed by atoms with Crippen LogP contribution in [0.1, 0.15) is 83.6 Å². The lowest BCUT2D eigenvalue weighted by atomic mass is 9.68. The summed E-state index contributed by atoms with van der Waals surface area (Å²) in [7, 11) is 0. The molecule has 0 unspecified atom stereocenters. The average Bonchev–Trinajstić information content (AvgIpc) is 2.65. The lowest BCUT2D eigenvalue weighted by molar-refractivity contribution is 0.152. The first kappa shape index (κ1) is 19.6. The summed E-state index contributed by atoms with van der Waals surface area (Å²) in [4.78, 5) is 0. The van der Waals surface area contributed by atoms with Gasteiger partial charge in [0.25, 0.3) is 0 Å². The normalized spacial score (nSPS) is 30.4. The second kappa shape index (κ2) is 9.15. The summed E-state index contributed by atoms with van der Waals surface area (Å²) >= 11 is 0. The third-order valence-electron chi connectivity index (χ3n) is 6.93. The van der Waals surface area contributed by atoms with E-state index in [4.69, 9.17) is 0 Å². The highest BCUT2D eigenvalue weighted by Crippen LogP contribution is 2.42. The molecule has 0 heterocycles. The minimum absolute atomic E-state index is 0.593. The standard InChI is InChI=1S/C24H34F2/c1-3-4-18-5-9-20(10-6-18)21-11-7-19(8-12-21)15-17(2)22-13-14-23(25)24(26)16-22/h13-16,18-21H,3-12H2,1-2H3. The molecule has 2 aliphatic carbocycles. The highest BCUT2D eigenvalue weighted by molar-refractivity contribution is 5.63. The largest absolute Gasteiger partial charge is 0.204 e. The second-order valence-electron chi connectivity index (χ2n) is 8.72. The highest BCUT2D eigenvalue weighted by Gasteiger charge is 2.30. The van der Waals surface area contributed by atoms with Crippen molar-refractivity contribution in [1.82, 2.24) is 0 Å². The van der Waals surface area contributed by atoms with E-state index in [1.54, 1.807) is 6.07 Å². The predicted molar refractivity (Wildman–Crippen MR) is 106 cm³/mol. The van der Waals surface area contributed by atoms with E-state index in [1.165, 1.54) is 76.3 Å². The van der Waals surface area contributed by atoms with Gasteiger partial charge in [0.15, 0.2) is 11.6 Å². The fourth-order valence-electron chi connectivity index (χ4n) is 5.33. The van der Waals surface area contributed by atoms with Gasteiger partial charge < -0.3 is 0 Å². The Balaban J connectivity index is 1.50. The van der Waals surface area contributed by atoms with E-state index in [-0.39, 0.29) is 0 Å². The van der Waals surface area contributed by atoms with Crippen LogP contribution < -0.4 is 0 Å². The summed E-state index contributed by atoms with van der Waals surface area (Å²) in [6.45, 7) is 4.33. The van der Waals surface area contributed by atoms with Gasteiger partial charge in [-0.25, -0.2) is 8.78 Å². The van der Waals surface area contributed by atoms with E-state index >= 15 is 0 Å². The fraction of sp³-hybridized carbons (Fsp3) is 0.667. The molecule has 0 nitrogen and oxygen atoms in total. The Morgan fingerprint density at radius 2 is 1.54 bits per heavy atom. The molecule has 2 heteroatoms. The molecule has 2 aliphatic rings. The molecule has 26 heavy (non-hydrogen) atoms. The molecule has 3 rings (SSSR count). The van der Waals surface area contributed by atoms with Gasteiger partial charge >= 0.3 is 0 Å². The maximum absolute atomic E-state index is 13.4. The summed E-state index contributed by atoms with van der Waals surface area (Å²) in [6, 6.07) is 4.24. The number of allylic oxidation sites excluding steroid dienone is 2. The Morgan fingerprint density at radius 1 is 0.923 bits per heavy atom. The van der Waals surface area contributed by atoms with Crippen molar-refractivity contribution in [3.63, 3.8) is 0 Å². The third kappa shape index (κ3) is 4.96. The Hall–Kier alpha value is -1.18. The van der Waals surface area contributed by atoms with E-state index in [0.29, 0.717) is 5.92 Å². The summed E-state index contributed by atoms with van der Waals surface area (Å²) in [5.41, 5.74) is 1.88. The van der Waals surface area contributed by atoms with Gasteiger partial charge in [0, 0.05) is 0 Å². The monoisotopic (exact) mass is 360 g/mol. The van der Waals surface area contributed by atoms with Crippen LogP contribution in [0.15, 0.2) is 24.3 Å². The summed E-state index contributed by atoms with van der Waals surface area (Å²) in [6.07, 6.45) is 16.0. The molecule has 1 aromatic carbocycles. The molecule has 0 spiro atoms. The smallest absolute Gasteiger partial charge is 0.159 e. The molecule has 1 aromatic rings. The zero-order chi connectivity index (χ0) is 18.5. The summed E-state index contributed by atoms with van der Waals surface area (Å²) < 4.78 is 26.6. The van der Waals surface area contributed by atoms with Gasteiger partial charge in [-0.15, -0.1) is 0 Å². The summed E-state index contributed by atoms with van der Waals surface area (Å²) in [5.74, 6) is 1.95. The van der Waals surface area contributed by atoms with Crippen molar-refractivity contribution in [3.05, 3.63) is 41.5 Å². The van der Waals surface area contributed by atoms with Gasteiger partial charge in [0.1, 0.15) is 0 Å². The van der Waals surface area contributed by atoms with Crippen molar-refractivity contribution in [2.75, 3.05) is 0 Å². The van der Waals surface area contributed by atoms with Gasteiger partial charge in [-0.2, -0.15) is 0 Å². The zero-order valence-corrected chi connectivity index (χ0v) is 16.4. The molecule has 0 N–H and O–H groups in total. The van der Waals surface area contributed by atoms with E-state index in [2.05, 4.69) is 13.0 Å². The number of rotatable bonds is 5. The van der Waals surface area contributed by atoms with Crippen LogP contribution in [0.2, 0.25) is 0 Å². The molecule has 0 aliphatic heterocycles. The SMILES string of the molecule is CCCC1CCC(C2CCC(C=C(C)c3ccc(F)c(F)c3)CC2)CC1. The second-order valence-corrected chi connectivity index (χ2v) is 8.72. The highest BCUT2D eigenvalue weighted by atomic mass is 19.2. The van der Waals surface area contributed by atoms with Crippen LogP contribution in [-0.4, -0.2) is 0 Å². The molecule has 144 valence electrons. The van der Waals surface area contributed by atoms with Crippen molar-refractivity contribution in [2.24, 2.45) is 23.7 Å². The van der Waals surface area contributed by atoms with Crippen LogP contribution in [0.4, 0.5) is 8.78 Å². The van der Waals surface area contributed by atoms with Crippen molar-refractivity contribution in [2.45, 2.75) is 78.1 Å². The van der Waals surface area contributed by atoms with Crippen LogP contribution in [0.5, 0.6) is 0 Å². The zero-order valence-electron chi connectivity index (χ0n) is 16.4. The quantitative estimate of drug-likeness (QED) is 0.503. The average molecular weight is 361 g/mol.